The smallest absolute Gasteiger partial charge is 0.488 e. The quantitative estimate of drug-likeness (QED) is 0.0376. The van der Waals surface area contributed by atoms with Crippen molar-refractivity contribution in [2.45, 2.75) is 168 Å². The molecule has 4 N–H and O–H groups in total. The first-order chi connectivity index (χ1) is 26.4. The van der Waals surface area contributed by atoms with Gasteiger partial charge >= 0.3 is 14.2 Å². The molecule has 3 aromatic carbocycles. The molecule has 6 nitrogen and oxygen atoms in total. The summed E-state index contributed by atoms with van der Waals surface area (Å²) in [7, 11) is -3.08. The predicted molar refractivity (Wildman–Crippen MR) is 230 cm³/mol. The van der Waals surface area contributed by atoms with Gasteiger partial charge < -0.3 is 29.6 Å². The highest BCUT2D eigenvalue weighted by atomic mass is 16.5. The maximum atomic E-state index is 9.71. The first-order valence-corrected chi connectivity index (χ1v) is 21.8. The molecule has 0 spiro atoms. The molecule has 0 amide bonds. The normalized spacial score (nSPS) is 11.2. The second-order valence-corrected chi connectivity index (χ2v) is 15.3. The van der Waals surface area contributed by atoms with Gasteiger partial charge in [0.1, 0.15) is 0 Å². The van der Waals surface area contributed by atoms with Crippen molar-refractivity contribution in [2.75, 3.05) is 13.2 Å². The number of hydrogen-bond acceptors (Lipinski definition) is 6. The molecule has 54 heavy (non-hydrogen) atoms. The van der Waals surface area contributed by atoms with Crippen LogP contribution < -0.4 is 20.4 Å². The molecular weight excluding hydrogens is 670 g/mol. The van der Waals surface area contributed by atoms with Crippen LogP contribution in [0.5, 0.6) is 11.5 Å². The Bertz CT molecular complexity index is 1260. The molecule has 0 aromatic heterocycles. The highest BCUT2D eigenvalue weighted by Gasteiger charge is 2.18. The SMILES string of the molecule is CCCCCCCCCCCCCCOc1cc(-c2ccc(B(O)O)cc2)c(-c2ccc(B(O)O)cc2)cc1OCCCCCCCCCCCCCC. The van der Waals surface area contributed by atoms with E-state index in [1.165, 1.54) is 128 Å². The molecule has 0 saturated carbocycles. The molecule has 0 saturated heterocycles. The third kappa shape index (κ3) is 18.2. The zero-order valence-electron chi connectivity index (χ0n) is 33.9. The van der Waals surface area contributed by atoms with Crippen LogP contribution in [0.1, 0.15) is 168 Å². The van der Waals surface area contributed by atoms with E-state index in [2.05, 4.69) is 13.8 Å². The van der Waals surface area contributed by atoms with E-state index in [0.29, 0.717) is 35.6 Å². The van der Waals surface area contributed by atoms with Crippen molar-refractivity contribution < 1.29 is 29.6 Å². The minimum atomic E-state index is -1.54. The standard InChI is InChI=1S/C46H72B2O6/c1-3-5-7-9-11-13-15-17-19-21-23-25-35-53-45-37-43(39-27-31-41(32-28-39)47(49)50)44(40-29-33-42(34-30-40)48(51)52)38-46(45)54-36-26-24-22-20-18-16-14-12-10-8-6-4-2/h27-34,37-38,49-52H,3-26,35-36H2,1-2H3. The third-order valence-corrected chi connectivity index (χ3v) is 10.6. The zero-order chi connectivity index (χ0) is 38.6. The van der Waals surface area contributed by atoms with Crippen molar-refractivity contribution in [3.05, 3.63) is 60.7 Å². The predicted octanol–water partition coefficient (Wildman–Crippen LogP) is 10.5. The minimum absolute atomic E-state index is 0.424. The Balaban J connectivity index is 1.65. The molecule has 0 heterocycles. The second kappa shape index (κ2) is 28.6. The minimum Gasteiger partial charge on any atom is -0.490 e. The molecule has 3 rings (SSSR count). The number of ether oxygens (including phenoxy) is 2. The number of hydrogen-bond donors (Lipinski definition) is 4. The van der Waals surface area contributed by atoms with E-state index in [4.69, 9.17) is 9.47 Å². The van der Waals surface area contributed by atoms with Crippen LogP contribution in [0, 0.1) is 0 Å². The van der Waals surface area contributed by atoms with Crippen LogP contribution in [-0.2, 0) is 0 Å². The average Bonchev–Trinajstić information content (AvgIpc) is 3.18. The first kappa shape index (κ1) is 45.6. The summed E-state index contributed by atoms with van der Waals surface area (Å²) < 4.78 is 13.0. The average molecular weight is 743 g/mol. The van der Waals surface area contributed by atoms with Gasteiger partial charge in [-0.3, -0.25) is 0 Å². The fourth-order valence-corrected chi connectivity index (χ4v) is 7.18. The van der Waals surface area contributed by atoms with Gasteiger partial charge in [-0.2, -0.15) is 0 Å². The van der Waals surface area contributed by atoms with Gasteiger partial charge in [0.25, 0.3) is 0 Å². The van der Waals surface area contributed by atoms with Gasteiger partial charge in [-0.05, 0) is 58.2 Å². The van der Waals surface area contributed by atoms with Crippen molar-refractivity contribution in [1.82, 2.24) is 0 Å². The topological polar surface area (TPSA) is 99.4 Å². The molecular formula is C46H72B2O6. The van der Waals surface area contributed by atoms with Gasteiger partial charge in [-0.25, -0.2) is 0 Å². The summed E-state index contributed by atoms with van der Waals surface area (Å²) in [5, 5.41) is 38.9. The van der Waals surface area contributed by atoms with Crippen molar-refractivity contribution in [3.63, 3.8) is 0 Å². The van der Waals surface area contributed by atoms with Crippen molar-refractivity contribution in [1.29, 1.82) is 0 Å². The van der Waals surface area contributed by atoms with E-state index in [9.17, 15) is 20.1 Å². The molecule has 0 unspecified atom stereocenters. The van der Waals surface area contributed by atoms with Crippen LogP contribution in [0.25, 0.3) is 22.3 Å². The largest absolute Gasteiger partial charge is 0.490 e. The van der Waals surface area contributed by atoms with Crippen LogP contribution in [-0.4, -0.2) is 47.5 Å². The van der Waals surface area contributed by atoms with Crippen molar-refractivity contribution >= 4 is 25.2 Å². The van der Waals surface area contributed by atoms with E-state index >= 15 is 0 Å². The Hall–Kier alpha value is -2.77. The van der Waals surface area contributed by atoms with Gasteiger partial charge in [0, 0.05) is 0 Å². The Morgan fingerprint density at radius 2 is 0.630 bits per heavy atom. The fraction of sp³-hybridized carbons (Fsp3) is 0.609. The van der Waals surface area contributed by atoms with E-state index in [-0.39, 0.29) is 0 Å². The summed E-state index contributed by atoms with van der Waals surface area (Å²) in [4.78, 5) is 0. The number of unbranched alkanes of at least 4 members (excludes halogenated alkanes) is 22. The molecule has 0 bridgehead atoms. The molecule has 0 aliphatic carbocycles. The molecule has 0 aliphatic rings. The lowest BCUT2D eigenvalue weighted by Crippen LogP contribution is -2.29. The molecule has 0 radical (unpaired) electrons. The van der Waals surface area contributed by atoms with E-state index in [1.54, 1.807) is 24.3 Å². The Morgan fingerprint density at radius 3 is 0.889 bits per heavy atom. The van der Waals surface area contributed by atoms with E-state index in [1.807, 2.05) is 36.4 Å². The van der Waals surface area contributed by atoms with Gasteiger partial charge in [0.05, 0.1) is 13.2 Å². The highest BCUT2D eigenvalue weighted by Crippen LogP contribution is 2.41. The lowest BCUT2D eigenvalue weighted by Gasteiger charge is -2.19. The maximum absolute atomic E-state index is 9.71. The summed E-state index contributed by atoms with van der Waals surface area (Å²) in [6.07, 6.45) is 31.0. The van der Waals surface area contributed by atoms with Crippen molar-refractivity contribution in [3.8, 4) is 33.8 Å². The lowest BCUT2D eigenvalue weighted by molar-refractivity contribution is 0.258. The van der Waals surface area contributed by atoms with Crippen LogP contribution in [0.2, 0.25) is 0 Å². The maximum Gasteiger partial charge on any atom is 0.488 e. The zero-order valence-corrected chi connectivity index (χ0v) is 33.9. The monoisotopic (exact) mass is 743 g/mol. The first-order valence-electron chi connectivity index (χ1n) is 21.8. The summed E-state index contributed by atoms with van der Waals surface area (Å²) in [5.41, 5.74) is 4.51. The molecule has 0 fully saturated rings. The molecule has 0 atom stereocenters. The van der Waals surface area contributed by atoms with E-state index < -0.39 is 14.2 Å². The Labute approximate surface area is 329 Å². The summed E-state index contributed by atoms with van der Waals surface area (Å²) >= 11 is 0. The highest BCUT2D eigenvalue weighted by molar-refractivity contribution is 6.59. The lowest BCUT2D eigenvalue weighted by atomic mass is 9.79. The Morgan fingerprint density at radius 1 is 0.370 bits per heavy atom. The molecule has 3 aromatic rings. The van der Waals surface area contributed by atoms with Gasteiger partial charge in [-0.15, -0.1) is 0 Å². The number of benzene rings is 3. The van der Waals surface area contributed by atoms with Gasteiger partial charge in [-0.1, -0.05) is 204 Å². The fourth-order valence-electron chi connectivity index (χ4n) is 7.18. The number of rotatable bonds is 32. The van der Waals surface area contributed by atoms with Crippen LogP contribution in [0.4, 0.5) is 0 Å². The Kier molecular flexibility index (Phi) is 24.2. The third-order valence-electron chi connectivity index (χ3n) is 10.6. The van der Waals surface area contributed by atoms with Gasteiger partial charge in [0.2, 0.25) is 0 Å². The van der Waals surface area contributed by atoms with Crippen LogP contribution in [0.15, 0.2) is 60.7 Å². The summed E-state index contributed by atoms with van der Waals surface area (Å²) in [6.45, 7) is 5.77. The van der Waals surface area contributed by atoms with Gasteiger partial charge in [0.15, 0.2) is 11.5 Å². The molecule has 8 heteroatoms. The van der Waals surface area contributed by atoms with Crippen molar-refractivity contribution in [2.24, 2.45) is 0 Å². The molecule has 298 valence electrons. The summed E-state index contributed by atoms with van der Waals surface area (Å²) in [5.74, 6) is 1.42. The second-order valence-electron chi connectivity index (χ2n) is 15.3. The van der Waals surface area contributed by atoms with Crippen LogP contribution >= 0.6 is 0 Å². The summed E-state index contributed by atoms with van der Waals surface area (Å²) in [6, 6.07) is 18.5. The van der Waals surface area contributed by atoms with E-state index in [0.717, 1.165) is 47.9 Å². The van der Waals surface area contributed by atoms with Crippen LogP contribution in [0.3, 0.4) is 0 Å². The molecule has 0 aliphatic heterocycles.